The van der Waals surface area contributed by atoms with E-state index in [1.54, 1.807) is 12.3 Å². The van der Waals surface area contributed by atoms with Gasteiger partial charge in [0.1, 0.15) is 0 Å². The Morgan fingerprint density at radius 1 is 1.54 bits per heavy atom. The topological polar surface area (TPSA) is 36.0 Å². The predicted molar refractivity (Wildman–Crippen MR) is 45.5 cm³/mol. The lowest BCUT2D eigenvalue weighted by Gasteiger charge is -2.23. The van der Waals surface area contributed by atoms with Gasteiger partial charge in [-0.2, -0.15) is 0 Å². The van der Waals surface area contributed by atoms with Crippen LogP contribution in [0.4, 0.5) is 8.78 Å². The molecule has 2 atom stereocenters. The molecule has 0 aliphatic rings. The van der Waals surface area contributed by atoms with Gasteiger partial charge in [-0.05, 0) is 18.6 Å². The van der Waals surface area contributed by atoms with Crippen molar-refractivity contribution in [1.82, 2.24) is 4.98 Å². The van der Waals surface area contributed by atoms with Gasteiger partial charge in [0.05, 0.1) is 6.10 Å². The highest BCUT2D eigenvalue weighted by Gasteiger charge is 2.36. The van der Waals surface area contributed by atoms with Crippen molar-refractivity contribution >= 4 is 0 Å². The molecule has 1 aromatic heterocycles. The molecule has 1 rings (SSSR count). The molecule has 2 unspecified atom stereocenters. The van der Waals surface area contributed by atoms with Crippen molar-refractivity contribution in [2.45, 2.75) is 25.9 Å². The zero-order valence-electron chi connectivity index (χ0n) is 7.59. The molecule has 1 heterocycles. The molecule has 0 amide bonds. The lowest BCUT2D eigenvalue weighted by atomic mass is 9.94. The van der Waals surface area contributed by atoms with E-state index in [0.717, 1.165) is 6.92 Å². The van der Waals surface area contributed by atoms with Crippen molar-refractivity contribution in [2.24, 2.45) is 5.92 Å². The molecule has 0 fully saturated rings. The molecule has 0 bridgehead atoms. The van der Waals surface area contributed by atoms with E-state index in [1.807, 2.05) is 0 Å². The summed E-state index contributed by atoms with van der Waals surface area (Å²) in [6.07, 6.45) is 2.00. The molecule has 0 radical (unpaired) electrons. The Morgan fingerprint density at radius 2 is 2.15 bits per heavy atom. The molecule has 13 heavy (non-hydrogen) atoms. The first-order valence-electron chi connectivity index (χ1n) is 4.11. The van der Waals surface area contributed by atoms with Gasteiger partial charge >= 0.3 is 0 Å². The molecule has 0 saturated carbocycles. The van der Waals surface area contributed by atoms with Crippen molar-refractivity contribution in [1.29, 1.82) is 0 Å². The van der Waals surface area contributed by atoms with Crippen LogP contribution in [0.25, 0.3) is 0 Å². The molecule has 0 aliphatic heterocycles. The normalized spacial score (nSPS) is 17.0. The van der Waals surface area contributed by atoms with E-state index in [9.17, 15) is 13.9 Å². The molecule has 1 aromatic rings. The maximum absolute atomic E-state index is 12.8. The smallest absolute Gasteiger partial charge is 0.250 e. The molecular formula is C9H13F2NO. The van der Waals surface area contributed by atoms with Gasteiger partial charge in [0, 0.05) is 18.3 Å². The van der Waals surface area contributed by atoms with Gasteiger partial charge in [-0.1, -0.05) is 6.92 Å². The summed E-state index contributed by atoms with van der Waals surface area (Å²) >= 11 is 0. The van der Waals surface area contributed by atoms with Gasteiger partial charge in [0.15, 0.2) is 0 Å². The van der Waals surface area contributed by atoms with E-state index in [2.05, 4.69) is 4.98 Å². The number of aliphatic hydroxyl groups is 1. The lowest BCUT2D eigenvalue weighted by molar-refractivity contribution is -0.0825. The van der Waals surface area contributed by atoms with Crippen LogP contribution in [-0.4, -0.2) is 16.0 Å². The minimum atomic E-state index is -2.86. The number of aliphatic hydroxyl groups excluding tert-OH is 1. The Balaban J connectivity index is 2.74. The highest BCUT2D eigenvalue weighted by atomic mass is 19.3. The van der Waals surface area contributed by atoms with Crippen LogP contribution in [0, 0.1) is 5.92 Å². The predicted octanol–water partition coefficient (Wildman–Crippen LogP) is 2.34. The molecule has 0 saturated heterocycles. The highest BCUT2D eigenvalue weighted by Crippen LogP contribution is 2.33. The first-order chi connectivity index (χ1) is 5.93. The third-order valence-corrected chi connectivity index (χ3v) is 2.24. The van der Waals surface area contributed by atoms with E-state index in [1.165, 1.54) is 13.1 Å². The third-order valence-electron chi connectivity index (χ3n) is 2.24. The maximum atomic E-state index is 12.8. The Labute approximate surface area is 75.6 Å². The maximum Gasteiger partial charge on any atom is 0.250 e. The van der Waals surface area contributed by atoms with Gasteiger partial charge in [-0.3, -0.25) is 0 Å². The van der Waals surface area contributed by atoms with Crippen LogP contribution in [0.3, 0.4) is 0 Å². The van der Waals surface area contributed by atoms with Gasteiger partial charge in [-0.15, -0.1) is 0 Å². The molecule has 2 nitrogen and oxygen atoms in total. The van der Waals surface area contributed by atoms with Crippen LogP contribution in [-0.2, 0) is 0 Å². The Bertz CT molecular complexity index is 253. The fourth-order valence-corrected chi connectivity index (χ4v) is 1.09. The van der Waals surface area contributed by atoms with E-state index < -0.39 is 17.9 Å². The van der Waals surface area contributed by atoms with Crippen LogP contribution in [0.2, 0.25) is 0 Å². The zero-order valence-corrected chi connectivity index (χ0v) is 7.59. The molecular weight excluding hydrogens is 176 g/mol. The van der Waals surface area contributed by atoms with Gasteiger partial charge in [-0.25, -0.2) is 8.78 Å². The number of nitrogens with one attached hydrogen (secondary N) is 1. The van der Waals surface area contributed by atoms with Crippen LogP contribution in [0.1, 0.15) is 25.5 Å². The van der Waals surface area contributed by atoms with E-state index >= 15 is 0 Å². The minimum Gasteiger partial charge on any atom is -0.388 e. The molecule has 0 aliphatic carbocycles. The standard InChI is InChI=1S/C9H13F2NO/c1-6(9(2,10)11)8(13)7-3-4-12-5-7/h3-6,8,12-13H,1-2H3. The van der Waals surface area contributed by atoms with Crippen molar-refractivity contribution in [3.05, 3.63) is 24.0 Å². The summed E-state index contributed by atoms with van der Waals surface area (Å²) < 4.78 is 25.6. The quantitative estimate of drug-likeness (QED) is 0.752. The Hall–Kier alpha value is -0.900. The highest BCUT2D eigenvalue weighted by molar-refractivity contribution is 5.13. The minimum absolute atomic E-state index is 0.494. The third kappa shape index (κ3) is 2.28. The molecule has 4 heteroatoms. The number of hydrogen-bond acceptors (Lipinski definition) is 1. The summed E-state index contributed by atoms with van der Waals surface area (Å²) in [6.45, 7) is 2.14. The monoisotopic (exact) mass is 189 g/mol. The Morgan fingerprint density at radius 3 is 2.54 bits per heavy atom. The Kier molecular flexibility index (Phi) is 2.71. The van der Waals surface area contributed by atoms with Crippen LogP contribution in [0.15, 0.2) is 18.5 Å². The first-order valence-corrected chi connectivity index (χ1v) is 4.11. The van der Waals surface area contributed by atoms with Crippen LogP contribution < -0.4 is 0 Å². The summed E-state index contributed by atoms with van der Waals surface area (Å²) in [5.74, 6) is -3.94. The summed E-state index contributed by atoms with van der Waals surface area (Å²) in [5.41, 5.74) is 0.494. The SMILES string of the molecule is CC(C(O)c1cc[nH]c1)C(C)(F)F. The second-order valence-corrected chi connectivity index (χ2v) is 3.33. The lowest BCUT2D eigenvalue weighted by Crippen LogP contribution is -2.27. The number of aromatic amines is 1. The number of rotatable bonds is 3. The number of hydrogen-bond donors (Lipinski definition) is 2. The molecule has 0 aromatic carbocycles. The average molecular weight is 189 g/mol. The zero-order chi connectivity index (χ0) is 10.1. The van der Waals surface area contributed by atoms with Gasteiger partial charge in [0.2, 0.25) is 0 Å². The van der Waals surface area contributed by atoms with Crippen molar-refractivity contribution < 1.29 is 13.9 Å². The van der Waals surface area contributed by atoms with E-state index in [0.29, 0.717) is 5.56 Å². The van der Waals surface area contributed by atoms with Gasteiger partial charge < -0.3 is 10.1 Å². The first kappa shape index (κ1) is 10.2. The summed E-state index contributed by atoms with van der Waals surface area (Å²) in [7, 11) is 0. The summed E-state index contributed by atoms with van der Waals surface area (Å²) in [6, 6.07) is 1.59. The van der Waals surface area contributed by atoms with Crippen LogP contribution in [0.5, 0.6) is 0 Å². The van der Waals surface area contributed by atoms with Crippen molar-refractivity contribution in [3.8, 4) is 0 Å². The second kappa shape index (κ2) is 3.46. The number of aromatic nitrogens is 1. The average Bonchev–Trinajstić information content (AvgIpc) is 2.51. The summed E-state index contributed by atoms with van der Waals surface area (Å²) in [4.78, 5) is 2.71. The van der Waals surface area contributed by atoms with Crippen LogP contribution >= 0.6 is 0 Å². The number of alkyl halides is 2. The van der Waals surface area contributed by atoms with E-state index in [-0.39, 0.29) is 0 Å². The fourth-order valence-electron chi connectivity index (χ4n) is 1.09. The van der Waals surface area contributed by atoms with Gasteiger partial charge in [0.25, 0.3) is 5.92 Å². The second-order valence-electron chi connectivity index (χ2n) is 3.33. The molecule has 74 valence electrons. The molecule has 2 N–H and O–H groups in total. The fraction of sp³-hybridized carbons (Fsp3) is 0.556. The van der Waals surface area contributed by atoms with E-state index in [4.69, 9.17) is 0 Å². The number of H-pyrrole nitrogens is 1. The van der Waals surface area contributed by atoms with Crippen molar-refractivity contribution in [3.63, 3.8) is 0 Å². The largest absolute Gasteiger partial charge is 0.388 e. The van der Waals surface area contributed by atoms with Crippen molar-refractivity contribution in [2.75, 3.05) is 0 Å². The number of halogens is 2. The summed E-state index contributed by atoms with van der Waals surface area (Å²) in [5, 5.41) is 9.51. The molecule has 0 spiro atoms.